The molecule has 0 aliphatic heterocycles. The van der Waals surface area contributed by atoms with Crippen LogP contribution in [-0.4, -0.2) is 44.7 Å². The van der Waals surface area contributed by atoms with E-state index < -0.39 is 23.7 Å². The van der Waals surface area contributed by atoms with E-state index in [0.717, 1.165) is 16.9 Å². The highest BCUT2D eigenvalue weighted by Gasteiger charge is 2.23. The van der Waals surface area contributed by atoms with Gasteiger partial charge in [0.15, 0.2) is 0 Å². The first kappa shape index (κ1) is 25.1. The average molecular weight is 500 g/mol. The SMILES string of the molecule is Cc1ccnc(NC/C=C/c2ccc3nc(C[C@H](NC(=O)Oc4ccccc4)C(=O)O)[nH]c(=O)c3c2)c1. The number of nitrogens with zero attached hydrogens (tertiary/aromatic N) is 2. The number of para-hydroxylation sites is 1. The smallest absolute Gasteiger partial charge is 0.413 e. The zero-order valence-corrected chi connectivity index (χ0v) is 20.0. The molecule has 0 unspecified atom stereocenters. The topological polar surface area (TPSA) is 146 Å². The summed E-state index contributed by atoms with van der Waals surface area (Å²) in [6.07, 6.45) is 4.37. The molecule has 0 saturated carbocycles. The Morgan fingerprint density at radius 2 is 1.95 bits per heavy atom. The van der Waals surface area contributed by atoms with Gasteiger partial charge in [-0.15, -0.1) is 0 Å². The van der Waals surface area contributed by atoms with Crippen LogP contribution in [-0.2, 0) is 11.2 Å². The summed E-state index contributed by atoms with van der Waals surface area (Å²) in [4.78, 5) is 47.8. The quantitative estimate of drug-likeness (QED) is 0.274. The number of benzene rings is 2. The monoisotopic (exact) mass is 499 g/mol. The fourth-order valence-corrected chi connectivity index (χ4v) is 3.56. The van der Waals surface area contributed by atoms with Crippen LogP contribution in [0.4, 0.5) is 10.6 Å². The maximum Gasteiger partial charge on any atom is 0.413 e. The van der Waals surface area contributed by atoms with E-state index in [4.69, 9.17) is 4.74 Å². The molecule has 0 fully saturated rings. The van der Waals surface area contributed by atoms with Crippen LogP contribution in [0.5, 0.6) is 5.75 Å². The van der Waals surface area contributed by atoms with Crippen molar-refractivity contribution in [3.8, 4) is 5.75 Å². The predicted octanol–water partition coefficient (Wildman–Crippen LogP) is 3.54. The third kappa shape index (κ3) is 7.01. The zero-order chi connectivity index (χ0) is 26.2. The van der Waals surface area contributed by atoms with Crippen molar-refractivity contribution in [1.29, 1.82) is 0 Å². The third-order valence-corrected chi connectivity index (χ3v) is 5.35. The number of pyridine rings is 1. The number of carboxylic acids is 1. The number of fused-ring (bicyclic) bond motifs is 1. The molecule has 4 rings (SSSR count). The van der Waals surface area contributed by atoms with Gasteiger partial charge in [-0.3, -0.25) is 4.79 Å². The molecule has 4 aromatic rings. The number of aryl methyl sites for hydroxylation is 1. The van der Waals surface area contributed by atoms with Crippen LogP contribution < -0.4 is 20.9 Å². The number of ether oxygens (including phenoxy) is 1. The first-order valence-corrected chi connectivity index (χ1v) is 11.5. The molecule has 0 bridgehead atoms. The number of aromatic nitrogens is 3. The second-order valence-corrected chi connectivity index (χ2v) is 8.23. The molecule has 1 atom stereocenters. The van der Waals surface area contributed by atoms with Crippen molar-refractivity contribution in [2.75, 3.05) is 11.9 Å². The van der Waals surface area contributed by atoms with E-state index in [2.05, 4.69) is 25.6 Å². The van der Waals surface area contributed by atoms with Crippen molar-refractivity contribution >= 4 is 34.9 Å². The number of hydrogen-bond donors (Lipinski definition) is 4. The minimum Gasteiger partial charge on any atom is -0.480 e. The van der Waals surface area contributed by atoms with Gasteiger partial charge in [0.25, 0.3) is 5.56 Å². The van der Waals surface area contributed by atoms with Gasteiger partial charge < -0.3 is 25.5 Å². The number of hydrogen-bond acceptors (Lipinski definition) is 7. The van der Waals surface area contributed by atoms with Crippen LogP contribution in [0.1, 0.15) is 17.0 Å². The summed E-state index contributed by atoms with van der Waals surface area (Å²) in [5.41, 5.74) is 1.92. The van der Waals surface area contributed by atoms with Gasteiger partial charge in [-0.2, -0.15) is 0 Å². The maximum atomic E-state index is 12.7. The Kier molecular flexibility index (Phi) is 7.89. The number of carbonyl (C=O) groups is 2. The van der Waals surface area contributed by atoms with Gasteiger partial charge >= 0.3 is 12.1 Å². The number of carboxylic acid groups (broad SMARTS) is 1. The molecular formula is C27H25N5O5. The first-order chi connectivity index (χ1) is 17.9. The van der Waals surface area contributed by atoms with Crippen molar-refractivity contribution in [3.05, 3.63) is 100 Å². The summed E-state index contributed by atoms with van der Waals surface area (Å²) < 4.78 is 5.09. The number of rotatable bonds is 9. The summed E-state index contributed by atoms with van der Waals surface area (Å²) in [7, 11) is 0. The molecule has 10 heteroatoms. The molecule has 2 aromatic heterocycles. The molecule has 0 aliphatic carbocycles. The van der Waals surface area contributed by atoms with Crippen LogP contribution in [0.25, 0.3) is 17.0 Å². The predicted molar refractivity (Wildman–Crippen MR) is 140 cm³/mol. The van der Waals surface area contributed by atoms with Crippen LogP contribution in [0.2, 0.25) is 0 Å². The standard InChI is InChI=1S/C27H25N5O5/c1-17-11-13-29-23(14-17)28-12-5-6-18-9-10-21-20(15-18)25(33)32-24(30-21)16-22(26(34)35)31-27(36)37-19-7-3-2-4-8-19/h2-11,13-15,22H,12,16H2,1H3,(H,28,29)(H,31,36)(H,34,35)(H,30,32,33)/b6-5+/t22-/m0/s1. The van der Waals surface area contributed by atoms with Gasteiger partial charge in [0.2, 0.25) is 0 Å². The first-order valence-electron chi connectivity index (χ1n) is 11.5. The Labute approximate surface area is 212 Å². The van der Waals surface area contributed by atoms with Gasteiger partial charge in [-0.05, 0) is 54.4 Å². The van der Waals surface area contributed by atoms with E-state index in [0.29, 0.717) is 17.4 Å². The van der Waals surface area contributed by atoms with Gasteiger partial charge in [-0.1, -0.05) is 36.4 Å². The minimum atomic E-state index is -1.35. The minimum absolute atomic E-state index is 0.128. The number of anilines is 1. The number of H-pyrrole nitrogens is 1. The lowest BCUT2D eigenvalue weighted by atomic mass is 10.1. The fraction of sp³-hybridized carbons (Fsp3) is 0.148. The summed E-state index contributed by atoms with van der Waals surface area (Å²) >= 11 is 0. The number of nitrogens with one attached hydrogen (secondary N) is 3. The lowest BCUT2D eigenvalue weighted by Crippen LogP contribution is -2.44. The van der Waals surface area contributed by atoms with Crippen LogP contribution >= 0.6 is 0 Å². The van der Waals surface area contributed by atoms with Crippen molar-refractivity contribution < 1.29 is 19.4 Å². The molecule has 188 valence electrons. The third-order valence-electron chi connectivity index (χ3n) is 5.35. The number of aromatic amines is 1. The van der Waals surface area contributed by atoms with E-state index in [1.54, 1.807) is 48.7 Å². The van der Waals surface area contributed by atoms with E-state index in [9.17, 15) is 19.5 Å². The molecule has 10 nitrogen and oxygen atoms in total. The Bertz CT molecular complexity index is 1500. The maximum absolute atomic E-state index is 12.7. The largest absolute Gasteiger partial charge is 0.480 e. The molecule has 4 N–H and O–H groups in total. The number of aliphatic carboxylic acids is 1. The fourth-order valence-electron chi connectivity index (χ4n) is 3.56. The van der Waals surface area contributed by atoms with Crippen molar-refractivity contribution in [2.24, 2.45) is 0 Å². The molecule has 0 spiro atoms. The average Bonchev–Trinajstić information content (AvgIpc) is 2.87. The number of carbonyl (C=O) groups excluding carboxylic acids is 1. The number of amides is 1. The molecule has 2 heterocycles. The van der Waals surface area contributed by atoms with Crippen LogP contribution in [0.3, 0.4) is 0 Å². The Balaban J connectivity index is 1.42. The van der Waals surface area contributed by atoms with E-state index >= 15 is 0 Å². The molecule has 0 aliphatic rings. The molecule has 2 aromatic carbocycles. The van der Waals surface area contributed by atoms with Crippen molar-refractivity contribution in [3.63, 3.8) is 0 Å². The Morgan fingerprint density at radius 1 is 1.14 bits per heavy atom. The van der Waals surface area contributed by atoms with Gasteiger partial charge in [0, 0.05) is 19.2 Å². The summed E-state index contributed by atoms with van der Waals surface area (Å²) in [6, 6.07) is 16.0. The second kappa shape index (κ2) is 11.6. The van der Waals surface area contributed by atoms with E-state index in [-0.39, 0.29) is 18.0 Å². The second-order valence-electron chi connectivity index (χ2n) is 8.23. The van der Waals surface area contributed by atoms with Gasteiger partial charge in [0.05, 0.1) is 10.9 Å². The van der Waals surface area contributed by atoms with Gasteiger partial charge in [-0.25, -0.2) is 19.6 Å². The van der Waals surface area contributed by atoms with E-state index in [1.165, 1.54) is 0 Å². The molecule has 0 radical (unpaired) electrons. The molecule has 37 heavy (non-hydrogen) atoms. The Hall–Kier alpha value is -4.99. The normalized spacial score (nSPS) is 11.8. The molecule has 1 amide bonds. The van der Waals surface area contributed by atoms with Gasteiger partial charge in [0.1, 0.15) is 23.4 Å². The molecular weight excluding hydrogens is 474 g/mol. The Morgan fingerprint density at radius 3 is 2.70 bits per heavy atom. The lowest BCUT2D eigenvalue weighted by molar-refractivity contribution is -0.139. The highest BCUT2D eigenvalue weighted by atomic mass is 16.6. The highest BCUT2D eigenvalue weighted by molar-refractivity contribution is 5.82. The summed E-state index contributed by atoms with van der Waals surface area (Å²) in [5.74, 6) is -0.113. The zero-order valence-electron chi connectivity index (χ0n) is 20.0. The lowest BCUT2D eigenvalue weighted by Gasteiger charge is -2.14. The van der Waals surface area contributed by atoms with Crippen LogP contribution in [0, 0.1) is 6.92 Å². The summed E-state index contributed by atoms with van der Waals surface area (Å²) in [5, 5.41) is 15.4. The van der Waals surface area contributed by atoms with Crippen LogP contribution in [0.15, 0.2) is 77.7 Å². The summed E-state index contributed by atoms with van der Waals surface area (Å²) in [6.45, 7) is 2.55. The van der Waals surface area contributed by atoms with E-state index in [1.807, 2.05) is 37.3 Å². The molecule has 0 saturated heterocycles. The van der Waals surface area contributed by atoms with Crippen molar-refractivity contribution in [2.45, 2.75) is 19.4 Å². The highest BCUT2D eigenvalue weighted by Crippen LogP contribution is 2.13. The van der Waals surface area contributed by atoms with Crippen molar-refractivity contribution in [1.82, 2.24) is 20.3 Å².